The Kier molecular flexibility index (Phi) is 3.51. The van der Waals surface area contributed by atoms with Gasteiger partial charge in [0, 0.05) is 19.2 Å². The van der Waals surface area contributed by atoms with E-state index in [9.17, 15) is 0 Å². The summed E-state index contributed by atoms with van der Waals surface area (Å²) in [5.41, 5.74) is 0. The summed E-state index contributed by atoms with van der Waals surface area (Å²) < 4.78 is 5.31. The quantitative estimate of drug-likeness (QED) is 0.633. The van der Waals surface area contributed by atoms with Crippen LogP contribution in [0.1, 0.15) is 20.3 Å². The number of nitrogens with zero attached hydrogens (tertiary/aromatic N) is 1. The molecule has 12 heavy (non-hydrogen) atoms. The molecule has 0 spiro atoms. The van der Waals surface area contributed by atoms with Gasteiger partial charge in [0.25, 0.3) is 0 Å². The largest absolute Gasteiger partial charge is 0.362 e. The molecule has 1 heterocycles. The van der Waals surface area contributed by atoms with Gasteiger partial charge in [-0.1, -0.05) is 13.8 Å². The van der Waals surface area contributed by atoms with E-state index < -0.39 is 0 Å². The molecule has 2 atom stereocenters. The lowest BCUT2D eigenvalue weighted by atomic mass is 10.0. The highest BCUT2D eigenvalue weighted by Crippen LogP contribution is 2.10. The van der Waals surface area contributed by atoms with Crippen LogP contribution in [0.4, 0.5) is 0 Å². The van der Waals surface area contributed by atoms with Crippen molar-refractivity contribution in [2.45, 2.75) is 32.4 Å². The van der Waals surface area contributed by atoms with Gasteiger partial charge >= 0.3 is 0 Å². The number of ether oxygens (including phenoxy) is 1. The molecule has 1 fully saturated rings. The van der Waals surface area contributed by atoms with E-state index in [1.165, 1.54) is 0 Å². The zero-order chi connectivity index (χ0) is 8.97. The maximum atomic E-state index is 8.63. The normalized spacial score (nSPS) is 31.2. The van der Waals surface area contributed by atoms with Crippen LogP contribution in [0.3, 0.4) is 0 Å². The van der Waals surface area contributed by atoms with Crippen LogP contribution in [0.15, 0.2) is 0 Å². The van der Waals surface area contributed by atoms with Gasteiger partial charge < -0.3 is 10.1 Å². The van der Waals surface area contributed by atoms with E-state index in [1.807, 2.05) is 0 Å². The highest BCUT2D eigenvalue weighted by Gasteiger charge is 2.19. The molecule has 1 aliphatic rings. The minimum absolute atomic E-state index is 0.256. The van der Waals surface area contributed by atoms with Gasteiger partial charge in [0.15, 0.2) is 6.10 Å². The van der Waals surface area contributed by atoms with E-state index in [0.717, 1.165) is 6.42 Å². The third-order valence-corrected chi connectivity index (χ3v) is 2.26. The van der Waals surface area contributed by atoms with Gasteiger partial charge in [0.2, 0.25) is 0 Å². The van der Waals surface area contributed by atoms with Crippen molar-refractivity contribution >= 4 is 0 Å². The first kappa shape index (κ1) is 9.50. The lowest BCUT2D eigenvalue weighted by molar-refractivity contribution is 0.103. The molecule has 1 N–H and O–H groups in total. The lowest BCUT2D eigenvalue weighted by Crippen LogP contribution is -2.36. The first-order valence-corrected chi connectivity index (χ1v) is 4.48. The van der Waals surface area contributed by atoms with Crippen molar-refractivity contribution in [1.29, 1.82) is 5.26 Å². The predicted molar refractivity (Wildman–Crippen MR) is 46.6 cm³/mol. The Morgan fingerprint density at radius 2 is 2.33 bits per heavy atom. The molecule has 0 radical (unpaired) electrons. The summed E-state index contributed by atoms with van der Waals surface area (Å²) in [4.78, 5) is 0. The van der Waals surface area contributed by atoms with Gasteiger partial charge in [-0.2, -0.15) is 5.26 Å². The van der Waals surface area contributed by atoms with E-state index in [-0.39, 0.29) is 6.10 Å². The van der Waals surface area contributed by atoms with Crippen LogP contribution >= 0.6 is 0 Å². The number of hydrogen-bond acceptors (Lipinski definition) is 3. The summed E-state index contributed by atoms with van der Waals surface area (Å²) in [6, 6.07) is 2.62. The summed E-state index contributed by atoms with van der Waals surface area (Å²) in [5.74, 6) is 0.617. The second kappa shape index (κ2) is 4.44. The van der Waals surface area contributed by atoms with Crippen LogP contribution in [-0.4, -0.2) is 25.3 Å². The average Bonchev–Trinajstić information content (AvgIpc) is 2.28. The van der Waals surface area contributed by atoms with Gasteiger partial charge in [0.1, 0.15) is 0 Å². The Hall–Kier alpha value is -0.590. The van der Waals surface area contributed by atoms with Crippen LogP contribution in [-0.2, 0) is 4.74 Å². The van der Waals surface area contributed by atoms with E-state index in [2.05, 4.69) is 25.2 Å². The fourth-order valence-electron chi connectivity index (χ4n) is 1.41. The zero-order valence-electron chi connectivity index (χ0n) is 7.71. The lowest BCUT2D eigenvalue weighted by Gasteiger charge is -2.18. The summed E-state index contributed by atoms with van der Waals surface area (Å²) in [6.07, 6.45) is 0.754. The topological polar surface area (TPSA) is 45.0 Å². The van der Waals surface area contributed by atoms with E-state index >= 15 is 0 Å². The molecule has 3 nitrogen and oxygen atoms in total. The molecule has 68 valence electrons. The maximum absolute atomic E-state index is 8.63. The molecular formula is C9H16N2O. The summed E-state index contributed by atoms with van der Waals surface area (Å²) in [5, 5.41) is 12.0. The highest BCUT2D eigenvalue weighted by molar-refractivity contribution is 4.89. The third-order valence-electron chi connectivity index (χ3n) is 2.26. The molecule has 1 rings (SSSR count). The maximum Gasteiger partial charge on any atom is 0.156 e. The molecule has 0 aliphatic carbocycles. The average molecular weight is 168 g/mol. The van der Waals surface area contributed by atoms with Crippen molar-refractivity contribution < 1.29 is 4.74 Å². The highest BCUT2D eigenvalue weighted by atomic mass is 16.5. The van der Waals surface area contributed by atoms with E-state index in [4.69, 9.17) is 10.00 Å². The number of nitriles is 1. The van der Waals surface area contributed by atoms with E-state index in [0.29, 0.717) is 25.1 Å². The Bertz CT molecular complexity index is 174. The molecule has 0 aromatic heterocycles. The number of nitrogens with one attached hydrogen (secondary N) is 1. The predicted octanol–water partition coefficient (Wildman–Crippen LogP) is 0.913. The van der Waals surface area contributed by atoms with Gasteiger partial charge in [-0.05, 0) is 12.3 Å². The molecule has 2 unspecified atom stereocenters. The van der Waals surface area contributed by atoms with E-state index in [1.54, 1.807) is 0 Å². The summed E-state index contributed by atoms with van der Waals surface area (Å²) in [6.45, 7) is 5.74. The minimum Gasteiger partial charge on any atom is -0.362 e. The van der Waals surface area contributed by atoms with Crippen molar-refractivity contribution in [3.63, 3.8) is 0 Å². The van der Waals surface area contributed by atoms with Crippen LogP contribution in [0, 0.1) is 17.2 Å². The fraction of sp³-hybridized carbons (Fsp3) is 0.889. The molecule has 0 amide bonds. The summed E-state index contributed by atoms with van der Waals surface area (Å²) in [7, 11) is 0. The second-order valence-electron chi connectivity index (χ2n) is 3.54. The Morgan fingerprint density at radius 1 is 1.58 bits per heavy atom. The molecule has 1 saturated heterocycles. The Labute approximate surface area is 73.7 Å². The van der Waals surface area contributed by atoms with Crippen LogP contribution in [0.2, 0.25) is 0 Å². The molecule has 3 heteroatoms. The first-order valence-electron chi connectivity index (χ1n) is 4.48. The van der Waals surface area contributed by atoms with Crippen LogP contribution < -0.4 is 5.32 Å². The monoisotopic (exact) mass is 168 g/mol. The summed E-state index contributed by atoms with van der Waals surface area (Å²) >= 11 is 0. The van der Waals surface area contributed by atoms with Gasteiger partial charge in [-0.25, -0.2) is 0 Å². The first-order chi connectivity index (χ1) is 5.74. The third kappa shape index (κ3) is 2.47. The SMILES string of the molecule is CC(C)C1CCOC(C#N)CN1. The molecule has 1 aliphatic heterocycles. The fourth-order valence-corrected chi connectivity index (χ4v) is 1.41. The standard InChI is InChI=1S/C9H16N2O/c1-7(2)9-3-4-12-8(5-10)6-11-9/h7-9,11H,3-4,6H2,1-2H3. The Morgan fingerprint density at radius 3 is 2.92 bits per heavy atom. The van der Waals surface area contributed by atoms with Gasteiger partial charge in [-0.15, -0.1) is 0 Å². The van der Waals surface area contributed by atoms with Crippen molar-refractivity contribution in [3.8, 4) is 6.07 Å². The number of hydrogen-bond donors (Lipinski definition) is 1. The molecule has 0 aromatic rings. The number of rotatable bonds is 1. The van der Waals surface area contributed by atoms with Crippen LogP contribution in [0.25, 0.3) is 0 Å². The minimum atomic E-state index is -0.256. The smallest absolute Gasteiger partial charge is 0.156 e. The molecular weight excluding hydrogens is 152 g/mol. The van der Waals surface area contributed by atoms with Crippen LogP contribution in [0.5, 0.6) is 0 Å². The van der Waals surface area contributed by atoms with Gasteiger partial charge in [-0.3, -0.25) is 0 Å². The molecule has 0 aromatic carbocycles. The Balaban J connectivity index is 2.40. The van der Waals surface area contributed by atoms with Crippen molar-refractivity contribution in [2.24, 2.45) is 5.92 Å². The second-order valence-corrected chi connectivity index (χ2v) is 3.54. The van der Waals surface area contributed by atoms with Gasteiger partial charge in [0.05, 0.1) is 6.07 Å². The van der Waals surface area contributed by atoms with Crippen molar-refractivity contribution in [1.82, 2.24) is 5.32 Å². The molecule has 0 saturated carbocycles. The van der Waals surface area contributed by atoms with Crippen molar-refractivity contribution in [3.05, 3.63) is 0 Å². The molecule has 0 bridgehead atoms. The van der Waals surface area contributed by atoms with Crippen molar-refractivity contribution in [2.75, 3.05) is 13.2 Å². The zero-order valence-corrected chi connectivity index (χ0v) is 7.71.